The van der Waals surface area contributed by atoms with Crippen molar-refractivity contribution in [2.24, 2.45) is 0 Å². The topological polar surface area (TPSA) is 456 Å². The van der Waals surface area contributed by atoms with E-state index in [1.54, 1.807) is 42.7 Å². The van der Waals surface area contributed by atoms with Crippen molar-refractivity contribution in [3.63, 3.8) is 0 Å². The summed E-state index contributed by atoms with van der Waals surface area (Å²) in [5, 5.41) is 39.7. The largest absolute Gasteiger partial charge is 0.543 e. The van der Waals surface area contributed by atoms with Gasteiger partial charge in [-0.05, 0) is 159 Å². The third kappa shape index (κ3) is 17.7. The average Bonchev–Trinajstić information content (AvgIpc) is 1.57. The number of amides is 10. The van der Waals surface area contributed by atoms with Gasteiger partial charge in [-0.15, -0.1) is 5.46 Å². The molecule has 0 unspecified atom stereocenters. The second kappa shape index (κ2) is 27.8. The molecule has 33 nitrogen and oxygen atoms in total. The van der Waals surface area contributed by atoms with Crippen LogP contribution < -0.4 is 69.7 Å². The maximum absolute atomic E-state index is 14.1. The molecular weight excluding hydrogens is 1260 g/mol. The van der Waals surface area contributed by atoms with E-state index in [-0.39, 0.29) is 12.4 Å². The quantitative estimate of drug-likeness (QED) is 0.0225. The molecule has 97 heavy (non-hydrogen) atoms. The van der Waals surface area contributed by atoms with Crippen molar-refractivity contribution in [1.82, 2.24) is 78.0 Å². The molecule has 2 aliphatic rings. The van der Waals surface area contributed by atoms with E-state index in [1.165, 1.54) is 158 Å². The fraction of sp³-hybridized carbons (Fsp3) is 0.651. The molecule has 0 radical (unpaired) electrons. The number of hydrogen-bond donors (Lipinski definition) is 13. The maximum atomic E-state index is 14.1. The van der Waals surface area contributed by atoms with Crippen LogP contribution in [0.15, 0.2) is 36.9 Å². The van der Waals surface area contributed by atoms with Gasteiger partial charge in [-0.2, -0.15) is 0 Å². The zero-order chi connectivity index (χ0) is 74.2. The molecule has 2 saturated heterocycles. The number of nitrogens with zero attached hydrogens (tertiary/aromatic N) is 4. The summed E-state index contributed by atoms with van der Waals surface area (Å²) in [6, 6.07) is 7.12. The van der Waals surface area contributed by atoms with Gasteiger partial charge < -0.3 is 87.4 Å². The van der Waals surface area contributed by atoms with Crippen molar-refractivity contribution in [3.05, 3.63) is 42.5 Å². The van der Waals surface area contributed by atoms with E-state index >= 15 is 0 Å². The van der Waals surface area contributed by atoms with Crippen LogP contribution >= 0.6 is 0 Å². The molecule has 0 aliphatic carbocycles. The second-order valence-corrected chi connectivity index (χ2v) is 30.4. The molecule has 0 bridgehead atoms. The van der Waals surface area contributed by atoms with Crippen LogP contribution in [0.3, 0.4) is 0 Å². The van der Waals surface area contributed by atoms with Crippen molar-refractivity contribution in [1.29, 1.82) is 0 Å². The fourth-order valence-electron chi connectivity index (χ4n) is 9.93. The average molecular weight is 1370 g/mol. The number of fused-ring (bicyclic) bond motifs is 2. The molecule has 0 spiro atoms. The summed E-state index contributed by atoms with van der Waals surface area (Å²) in [5.74, 6) is -8.48. The summed E-state index contributed by atoms with van der Waals surface area (Å²) >= 11 is 0. The number of nitrogens with two attached hydrogens (primary N) is 1. The van der Waals surface area contributed by atoms with Crippen molar-refractivity contribution in [2.45, 2.75) is 244 Å². The number of aliphatic hydroxyl groups excluding tert-OH is 1. The highest BCUT2D eigenvalue weighted by molar-refractivity contribution is 6.76. The van der Waals surface area contributed by atoms with E-state index in [1.807, 2.05) is 0 Å². The smallest absolute Gasteiger partial charge is 0.410 e. The maximum Gasteiger partial charge on any atom is 0.410 e. The highest BCUT2D eigenvalue weighted by atomic mass is 16.8. The van der Waals surface area contributed by atoms with Gasteiger partial charge in [-0.3, -0.25) is 57.8 Å². The van der Waals surface area contributed by atoms with Gasteiger partial charge in [0.1, 0.15) is 73.3 Å². The number of methoxy groups -OCH3 is 1. The van der Waals surface area contributed by atoms with Gasteiger partial charge in [-0.25, -0.2) is 19.7 Å². The molecule has 34 heteroatoms. The Bertz CT molecular complexity index is 3580. The molecule has 14 N–H and O–H groups in total. The number of benzene rings is 1. The Morgan fingerprint density at radius 1 is 0.485 bits per heavy atom. The minimum Gasteiger partial charge on any atom is -0.543 e. The molecule has 5 rings (SSSR count). The van der Waals surface area contributed by atoms with Gasteiger partial charge >= 0.3 is 12.7 Å². The van der Waals surface area contributed by atoms with Crippen LogP contribution in [0.25, 0.3) is 11.2 Å². The van der Waals surface area contributed by atoms with E-state index in [9.17, 15) is 57.8 Å². The Morgan fingerprint density at radius 3 is 1.15 bits per heavy atom. The highest BCUT2D eigenvalue weighted by Gasteiger charge is 2.57. The molecule has 10 amide bonds. The lowest BCUT2D eigenvalue weighted by Crippen LogP contribution is -2.70. The zero-order valence-electron chi connectivity index (χ0n) is 60.1. The van der Waals surface area contributed by atoms with Crippen LogP contribution in [0.1, 0.15) is 164 Å². The van der Waals surface area contributed by atoms with E-state index < -0.39 is 164 Å². The van der Waals surface area contributed by atoms with Crippen LogP contribution in [0.2, 0.25) is 0 Å². The van der Waals surface area contributed by atoms with Crippen molar-refractivity contribution >= 4 is 94.2 Å². The first-order valence-electron chi connectivity index (χ1n) is 31.4. The number of anilines is 1. The summed E-state index contributed by atoms with van der Waals surface area (Å²) in [6.07, 6.45) is -0.539. The third-order valence-corrected chi connectivity index (χ3v) is 16.9. The summed E-state index contributed by atoms with van der Waals surface area (Å²) in [5.41, 5.74) is -10.2. The zero-order valence-corrected chi connectivity index (χ0v) is 60.1. The van der Waals surface area contributed by atoms with Crippen molar-refractivity contribution in [3.8, 4) is 0 Å². The van der Waals surface area contributed by atoms with Crippen molar-refractivity contribution in [2.75, 3.05) is 26.6 Å². The summed E-state index contributed by atoms with van der Waals surface area (Å²) in [6.45, 7) is 27.7. The Morgan fingerprint density at radius 2 is 0.814 bits per heavy atom. The van der Waals surface area contributed by atoms with Gasteiger partial charge in [0.15, 0.2) is 17.7 Å². The number of aromatic nitrogens is 4. The molecule has 1 aromatic carbocycles. The number of carbonyl (C=O) groups excluding carboxylic acids is 11. The van der Waals surface area contributed by atoms with Gasteiger partial charge in [-0.1, -0.05) is 29.8 Å². The molecule has 538 valence electrons. The van der Waals surface area contributed by atoms with Crippen LogP contribution in [0.4, 0.5) is 5.82 Å². The molecule has 6 atom stereocenters. The second-order valence-electron chi connectivity index (χ2n) is 30.4. The van der Waals surface area contributed by atoms with E-state index in [0.29, 0.717) is 22.2 Å². The monoisotopic (exact) mass is 1360 g/mol. The highest BCUT2D eigenvalue weighted by Crippen LogP contribution is 2.43. The van der Waals surface area contributed by atoms with E-state index in [2.05, 4.69) is 73.4 Å². The minimum absolute atomic E-state index is 0.0599. The van der Waals surface area contributed by atoms with Crippen LogP contribution in [-0.2, 0) is 82.7 Å². The number of aliphatic hydroxyl groups is 1. The Balaban J connectivity index is 1.14. The molecule has 3 aromatic rings. The third-order valence-electron chi connectivity index (χ3n) is 16.9. The lowest BCUT2D eigenvalue weighted by Gasteiger charge is -2.39. The van der Waals surface area contributed by atoms with Crippen molar-refractivity contribution < 1.29 is 81.3 Å². The normalized spacial score (nSPS) is 19.4. The first kappa shape index (κ1) is 79.3. The van der Waals surface area contributed by atoms with Crippen LogP contribution in [0, 0.1) is 0 Å². The Labute approximate surface area is 565 Å². The molecule has 4 heterocycles. The number of rotatable bonds is 28. The molecule has 2 aliphatic heterocycles. The first-order chi connectivity index (χ1) is 44.0. The number of nitrogen functional groups attached to an aromatic ring is 1. The molecule has 2 fully saturated rings. The number of imidazole rings is 1. The van der Waals surface area contributed by atoms with Gasteiger partial charge in [0.2, 0.25) is 59.1 Å². The molecular formula is C63H100BN16O17-. The molecule has 2 aromatic heterocycles. The lowest BCUT2D eigenvalue weighted by atomic mass is 9.67. The van der Waals surface area contributed by atoms with Crippen LogP contribution in [0.5, 0.6) is 0 Å². The summed E-state index contributed by atoms with van der Waals surface area (Å²) in [4.78, 5) is 163. The first-order valence-corrected chi connectivity index (χ1v) is 31.4. The van der Waals surface area contributed by atoms with Gasteiger partial charge in [0.25, 0.3) is 0 Å². The Kier molecular flexibility index (Phi) is 22.7. The summed E-state index contributed by atoms with van der Waals surface area (Å²) < 4.78 is 31.9. The van der Waals surface area contributed by atoms with Crippen LogP contribution in [-0.4, -0.2) is 196 Å². The fourth-order valence-corrected chi connectivity index (χ4v) is 9.93. The van der Waals surface area contributed by atoms with E-state index in [4.69, 9.17) is 29.2 Å². The predicted octanol–water partition coefficient (Wildman–Crippen LogP) is -1.44. The lowest BCUT2D eigenvalue weighted by molar-refractivity contribution is -0.150. The SMILES string of the molecule is COC(=O)[C@@](C)([13CH3])NC(=O)C(C)(C)NC(=O)C(C)(C)NC(=O)C(C)(C)NC(=O)C(C)(C)NC(=O)C(C)(C)NC(=O)C(C)(C)NC(=O)C(C)(C)NC(=O)C(C)(C)NC(=O)C(C)(C)NC(=O)C(C)(C)NCc1ccccc1[B@-]1(OC)O[C@@H]2[C@H](O1)[C@@H](CO)O[C@H]2n1cnc2c(N)ncnc21. The standard InChI is InChI=1S/C63H100BN16O17/c1-53(2,69-29-33-27-25-26-28-34(33)64(94-24)96-37-35(30-81)95-41(38(37)97-64)80-32-68-36-39(65)66-31-67-40(36)80)42(82)70-54(3,4)43(83)71-55(5,6)44(84)72-56(7,8)45(85)73-57(9,10)46(86)74-58(11,12)47(87)75-59(13,14)48(88)76-60(15,16)49(89)77-61(17,18)50(90)78-62(19,20)51(91)79-63(21,22)52(92)93-23/h25-28,31-32,35,37-38,41,69,81H,29-30H2,1-24H3,(H,70,82)(H,71,83)(H,72,84)(H,73,85)(H,74,86)(H,75,87)(H,76,88)(H,77,89)(H,78,90)(H,79,91)(H2,65,66,67)/q-1/t35-,37-,38-,41-,64-/m1/s1/i21+1/t35-,37-,38-,41-,63+,64-. The Hall–Kier alpha value is -8.44. The number of esters is 1. The van der Waals surface area contributed by atoms with E-state index in [0.717, 1.165) is 7.11 Å². The number of nitrogens with one attached hydrogen (secondary N) is 11. The van der Waals surface area contributed by atoms with Gasteiger partial charge in [0, 0.05) is 6.54 Å². The minimum atomic E-state index is -2.71. The van der Waals surface area contributed by atoms with Gasteiger partial charge in [0.05, 0.1) is 37.8 Å². The summed E-state index contributed by atoms with van der Waals surface area (Å²) in [7, 11) is 2.59. The number of ether oxygens (including phenoxy) is 2. The number of carbonyl (C=O) groups is 11. The number of hydrogen-bond acceptors (Lipinski definition) is 22. The molecule has 0 saturated carbocycles. The predicted molar refractivity (Wildman–Crippen MR) is 354 cm³/mol.